The van der Waals surface area contributed by atoms with Crippen molar-refractivity contribution in [2.24, 2.45) is 0 Å². The lowest BCUT2D eigenvalue weighted by Gasteiger charge is -2.36. The molecule has 0 saturated heterocycles. The molecule has 1 atom stereocenters. The van der Waals surface area contributed by atoms with Crippen molar-refractivity contribution in [3.63, 3.8) is 0 Å². The van der Waals surface area contributed by atoms with E-state index in [1.807, 2.05) is 61.5 Å². The third kappa shape index (κ3) is 4.87. The minimum absolute atomic E-state index is 0.0664. The SMILES string of the molecule is Cc1ccc(NC(=O)C2CCc3ccccc3N2C(=O)CCc2c(C)[nH]c(=O)c(C#N)c2C)cc1. The van der Waals surface area contributed by atoms with Gasteiger partial charge in [-0.2, -0.15) is 5.26 Å². The number of benzene rings is 2. The van der Waals surface area contributed by atoms with Gasteiger partial charge in [0, 0.05) is 23.5 Å². The van der Waals surface area contributed by atoms with Crippen LogP contribution in [0.25, 0.3) is 0 Å². The number of nitriles is 1. The van der Waals surface area contributed by atoms with E-state index in [-0.39, 0.29) is 23.8 Å². The van der Waals surface area contributed by atoms with Gasteiger partial charge in [-0.25, -0.2) is 0 Å². The van der Waals surface area contributed by atoms with Gasteiger partial charge in [0.1, 0.15) is 17.7 Å². The molecule has 1 aromatic heterocycles. The molecule has 1 aliphatic rings. The van der Waals surface area contributed by atoms with Crippen molar-refractivity contribution in [2.45, 2.75) is 52.5 Å². The molecule has 35 heavy (non-hydrogen) atoms. The maximum atomic E-state index is 13.6. The second kappa shape index (κ2) is 9.98. The molecule has 2 aromatic carbocycles. The van der Waals surface area contributed by atoms with E-state index in [1.54, 1.807) is 18.7 Å². The van der Waals surface area contributed by atoms with Crippen LogP contribution >= 0.6 is 0 Å². The highest BCUT2D eigenvalue weighted by molar-refractivity contribution is 6.06. The number of nitrogens with zero attached hydrogens (tertiary/aromatic N) is 2. The molecule has 2 amide bonds. The van der Waals surface area contributed by atoms with Crippen molar-refractivity contribution in [3.05, 3.63) is 92.4 Å². The first-order chi connectivity index (χ1) is 16.8. The van der Waals surface area contributed by atoms with E-state index in [2.05, 4.69) is 10.3 Å². The summed E-state index contributed by atoms with van der Waals surface area (Å²) in [6.07, 6.45) is 1.72. The molecule has 1 aliphatic heterocycles. The molecule has 2 N–H and O–H groups in total. The Labute approximate surface area is 204 Å². The molecule has 7 heteroatoms. The van der Waals surface area contributed by atoms with E-state index >= 15 is 0 Å². The molecule has 2 heterocycles. The summed E-state index contributed by atoms with van der Waals surface area (Å²) < 4.78 is 0. The average molecular weight is 469 g/mol. The van der Waals surface area contributed by atoms with Gasteiger partial charge in [-0.3, -0.25) is 19.3 Å². The first kappa shape index (κ1) is 24.0. The van der Waals surface area contributed by atoms with Gasteiger partial charge in [0.15, 0.2) is 0 Å². The number of aromatic nitrogens is 1. The zero-order valence-corrected chi connectivity index (χ0v) is 20.1. The highest BCUT2D eigenvalue weighted by atomic mass is 16.2. The molecule has 0 fully saturated rings. The Morgan fingerprint density at radius 1 is 1.11 bits per heavy atom. The van der Waals surface area contributed by atoms with Gasteiger partial charge in [0.2, 0.25) is 11.8 Å². The Morgan fingerprint density at radius 2 is 1.83 bits per heavy atom. The number of anilines is 2. The molecule has 3 aromatic rings. The van der Waals surface area contributed by atoms with Crippen LogP contribution in [0.2, 0.25) is 0 Å². The predicted molar refractivity (Wildman–Crippen MR) is 135 cm³/mol. The van der Waals surface area contributed by atoms with Crippen LogP contribution in [0.15, 0.2) is 53.3 Å². The number of pyridine rings is 1. The van der Waals surface area contributed by atoms with Crippen LogP contribution < -0.4 is 15.8 Å². The number of nitrogens with one attached hydrogen (secondary N) is 2. The zero-order chi connectivity index (χ0) is 25.1. The number of H-pyrrole nitrogens is 1. The summed E-state index contributed by atoms with van der Waals surface area (Å²) >= 11 is 0. The lowest BCUT2D eigenvalue weighted by molar-refractivity contribution is -0.124. The third-order valence-electron chi connectivity index (χ3n) is 6.65. The van der Waals surface area contributed by atoms with Gasteiger partial charge in [0.05, 0.1) is 0 Å². The van der Waals surface area contributed by atoms with Crippen molar-refractivity contribution < 1.29 is 9.59 Å². The fourth-order valence-electron chi connectivity index (χ4n) is 4.74. The van der Waals surface area contributed by atoms with Gasteiger partial charge in [-0.1, -0.05) is 35.9 Å². The Bertz CT molecular complexity index is 1380. The average Bonchev–Trinajstić information content (AvgIpc) is 2.84. The summed E-state index contributed by atoms with van der Waals surface area (Å²) in [6, 6.07) is 16.5. The fourth-order valence-corrected chi connectivity index (χ4v) is 4.74. The normalized spacial score (nSPS) is 14.7. The monoisotopic (exact) mass is 468 g/mol. The number of hydrogen-bond donors (Lipinski definition) is 2. The highest BCUT2D eigenvalue weighted by Crippen LogP contribution is 2.32. The molecule has 0 bridgehead atoms. The van der Waals surface area contributed by atoms with Gasteiger partial charge in [-0.05, 0) is 74.9 Å². The second-order valence-electron chi connectivity index (χ2n) is 8.97. The number of aryl methyl sites for hydroxylation is 3. The van der Waals surface area contributed by atoms with E-state index in [0.29, 0.717) is 36.2 Å². The lowest BCUT2D eigenvalue weighted by Crippen LogP contribution is -2.50. The largest absolute Gasteiger partial charge is 0.325 e. The maximum absolute atomic E-state index is 13.6. The van der Waals surface area contributed by atoms with Crippen molar-refractivity contribution >= 4 is 23.2 Å². The molecule has 7 nitrogen and oxygen atoms in total. The quantitative estimate of drug-likeness (QED) is 0.588. The number of para-hydroxylation sites is 1. The van der Waals surface area contributed by atoms with Crippen LogP contribution in [0.5, 0.6) is 0 Å². The summed E-state index contributed by atoms with van der Waals surface area (Å²) in [5.41, 5.74) is 5.23. The molecule has 1 unspecified atom stereocenters. The summed E-state index contributed by atoms with van der Waals surface area (Å²) in [5.74, 6) is -0.399. The number of aromatic amines is 1. The standard InChI is InChI=1S/C28H28N4O3/c1-17-8-11-21(12-9-17)31-28(35)25-14-10-20-6-4-5-7-24(20)32(25)26(33)15-13-22-18(2)23(16-29)27(34)30-19(22)3/h4-9,11-12,25H,10,13-15H2,1-3H3,(H,30,34)(H,31,35). The van der Waals surface area contributed by atoms with Crippen molar-refractivity contribution in [2.75, 3.05) is 10.2 Å². The highest BCUT2D eigenvalue weighted by Gasteiger charge is 2.35. The topological polar surface area (TPSA) is 106 Å². The third-order valence-corrected chi connectivity index (χ3v) is 6.65. The first-order valence-electron chi connectivity index (χ1n) is 11.7. The lowest BCUT2D eigenvalue weighted by atomic mass is 9.93. The van der Waals surface area contributed by atoms with E-state index in [9.17, 15) is 19.6 Å². The Morgan fingerprint density at radius 3 is 2.54 bits per heavy atom. The van der Waals surface area contributed by atoms with E-state index < -0.39 is 11.6 Å². The maximum Gasteiger partial charge on any atom is 0.266 e. The van der Waals surface area contributed by atoms with Gasteiger partial charge >= 0.3 is 0 Å². The Hall–Kier alpha value is -4.18. The van der Waals surface area contributed by atoms with Crippen LogP contribution in [0.4, 0.5) is 11.4 Å². The zero-order valence-electron chi connectivity index (χ0n) is 20.1. The predicted octanol–water partition coefficient (Wildman–Crippen LogP) is 4.09. The van der Waals surface area contributed by atoms with Crippen molar-refractivity contribution in [1.29, 1.82) is 5.26 Å². The summed E-state index contributed by atoms with van der Waals surface area (Å²) in [5, 5.41) is 12.3. The van der Waals surface area contributed by atoms with E-state index in [4.69, 9.17) is 0 Å². The fraction of sp³-hybridized carbons (Fsp3) is 0.286. The molecule has 0 spiro atoms. The molecule has 0 radical (unpaired) electrons. The van der Waals surface area contributed by atoms with Gasteiger partial charge in [-0.15, -0.1) is 0 Å². The van der Waals surface area contributed by atoms with Crippen LogP contribution in [0, 0.1) is 32.1 Å². The number of hydrogen-bond acceptors (Lipinski definition) is 4. The van der Waals surface area contributed by atoms with Gasteiger partial charge in [0.25, 0.3) is 5.56 Å². The Kier molecular flexibility index (Phi) is 6.83. The molecular formula is C28H28N4O3. The minimum atomic E-state index is -0.633. The molecule has 4 rings (SSSR count). The summed E-state index contributed by atoms with van der Waals surface area (Å²) in [6.45, 7) is 5.48. The van der Waals surface area contributed by atoms with Crippen molar-refractivity contribution in [3.8, 4) is 6.07 Å². The Balaban J connectivity index is 1.61. The molecular weight excluding hydrogens is 440 g/mol. The van der Waals surface area contributed by atoms with Crippen LogP contribution in [-0.2, 0) is 22.4 Å². The van der Waals surface area contributed by atoms with E-state index in [0.717, 1.165) is 22.4 Å². The number of carbonyl (C=O) groups is 2. The van der Waals surface area contributed by atoms with Crippen LogP contribution in [-0.4, -0.2) is 22.8 Å². The number of amides is 2. The van der Waals surface area contributed by atoms with Crippen LogP contribution in [0.1, 0.15) is 46.4 Å². The number of carbonyl (C=O) groups excluding carboxylic acids is 2. The number of fused-ring (bicyclic) bond motifs is 1. The summed E-state index contributed by atoms with van der Waals surface area (Å²) in [7, 11) is 0. The van der Waals surface area contributed by atoms with Gasteiger partial charge < -0.3 is 10.3 Å². The van der Waals surface area contributed by atoms with Crippen LogP contribution in [0.3, 0.4) is 0 Å². The molecule has 178 valence electrons. The molecule has 0 saturated carbocycles. The minimum Gasteiger partial charge on any atom is -0.325 e. The first-order valence-corrected chi connectivity index (χ1v) is 11.7. The second-order valence-corrected chi connectivity index (χ2v) is 8.97. The molecule has 0 aliphatic carbocycles. The van der Waals surface area contributed by atoms with Crippen molar-refractivity contribution in [1.82, 2.24) is 4.98 Å². The summed E-state index contributed by atoms with van der Waals surface area (Å²) in [4.78, 5) is 43.3. The number of rotatable bonds is 5. The van der Waals surface area contributed by atoms with E-state index in [1.165, 1.54) is 0 Å². The smallest absolute Gasteiger partial charge is 0.266 e.